The Bertz CT molecular complexity index is 527. The van der Waals surface area contributed by atoms with Gasteiger partial charge in [-0.15, -0.1) is 0 Å². The van der Waals surface area contributed by atoms with E-state index in [0.717, 1.165) is 12.0 Å². The first-order chi connectivity index (χ1) is 8.43. The van der Waals surface area contributed by atoms with Gasteiger partial charge in [0.05, 0.1) is 11.0 Å². The third-order valence-electron chi connectivity index (χ3n) is 2.74. The van der Waals surface area contributed by atoms with Gasteiger partial charge in [0.25, 0.3) is 0 Å². The van der Waals surface area contributed by atoms with E-state index < -0.39 is 10.0 Å². The van der Waals surface area contributed by atoms with Crippen molar-refractivity contribution < 1.29 is 8.42 Å². The van der Waals surface area contributed by atoms with Crippen LogP contribution >= 0.6 is 0 Å². The summed E-state index contributed by atoms with van der Waals surface area (Å²) >= 11 is 0. The van der Waals surface area contributed by atoms with Gasteiger partial charge in [-0.05, 0) is 38.0 Å². The summed E-state index contributed by atoms with van der Waals surface area (Å²) in [6, 6.07) is 8.46. The lowest BCUT2D eigenvalue weighted by atomic mass is 10.2. The summed E-state index contributed by atoms with van der Waals surface area (Å²) in [6.45, 7) is 5.40. The van der Waals surface area contributed by atoms with Gasteiger partial charge in [0.1, 0.15) is 6.54 Å². The van der Waals surface area contributed by atoms with Crippen molar-refractivity contribution in [3.05, 3.63) is 29.8 Å². The van der Waals surface area contributed by atoms with E-state index in [1.165, 1.54) is 4.31 Å². The minimum Gasteiger partial charge on any atom is -0.207 e. The van der Waals surface area contributed by atoms with Crippen LogP contribution < -0.4 is 0 Å². The fourth-order valence-electron chi connectivity index (χ4n) is 1.65. The van der Waals surface area contributed by atoms with Crippen molar-refractivity contribution in [2.24, 2.45) is 0 Å². The van der Waals surface area contributed by atoms with Gasteiger partial charge >= 0.3 is 0 Å². The van der Waals surface area contributed by atoms with Gasteiger partial charge < -0.3 is 0 Å². The van der Waals surface area contributed by atoms with Crippen molar-refractivity contribution in [3.8, 4) is 6.07 Å². The van der Waals surface area contributed by atoms with Crippen molar-refractivity contribution in [1.82, 2.24) is 4.31 Å². The third kappa shape index (κ3) is 3.09. The number of hydrogen-bond acceptors (Lipinski definition) is 3. The van der Waals surface area contributed by atoms with Crippen molar-refractivity contribution in [3.63, 3.8) is 0 Å². The Morgan fingerprint density at radius 2 is 1.83 bits per heavy atom. The van der Waals surface area contributed by atoms with Gasteiger partial charge in [0.2, 0.25) is 10.0 Å². The number of benzene rings is 1. The van der Waals surface area contributed by atoms with E-state index >= 15 is 0 Å². The standard InChI is InChI=1S/C13H18N2O2S/c1-4-12-5-7-13(8-6-12)18(16,17)15(10-9-14)11(2)3/h5-8,11H,4,10H2,1-3H3. The molecule has 1 aromatic rings. The highest BCUT2D eigenvalue weighted by atomic mass is 32.2. The van der Waals surface area contributed by atoms with E-state index in [0.29, 0.717) is 0 Å². The van der Waals surface area contributed by atoms with Crippen molar-refractivity contribution in [2.75, 3.05) is 6.54 Å². The Morgan fingerprint density at radius 1 is 1.28 bits per heavy atom. The normalized spacial score (nSPS) is 11.8. The minimum absolute atomic E-state index is 0.129. The van der Waals surface area contributed by atoms with Gasteiger partial charge in [0, 0.05) is 6.04 Å². The summed E-state index contributed by atoms with van der Waals surface area (Å²) < 4.78 is 25.9. The van der Waals surface area contributed by atoms with Crippen molar-refractivity contribution in [2.45, 2.75) is 38.1 Å². The fourth-order valence-corrected chi connectivity index (χ4v) is 3.18. The molecule has 0 aliphatic heterocycles. The zero-order chi connectivity index (χ0) is 13.8. The molecule has 0 N–H and O–H groups in total. The first kappa shape index (κ1) is 14.7. The van der Waals surface area contributed by atoms with Gasteiger partial charge in [-0.3, -0.25) is 0 Å². The highest BCUT2D eigenvalue weighted by Gasteiger charge is 2.26. The smallest absolute Gasteiger partial charge is 0.207 e. The molecule has 1 aromatic carbocycles. The van der Waals surface area contributed by atoms with E-state index in [-0.39, 0.29) is 17.5 Å². The molecule has 0 bridgehead atoms. The second-order valence-electron chi connectivity index (χ2n) is 4.30. The van der Waals surface area contributed by atoms with Crippen LogP contribution in [-0.2, 0) is 16.4 Å². The molecule has 4 nitrogen and oxygen atoms in total. The van der Waals surface area contributed by atoms with Crippen LogP contribution in [0.25, 0.3) is 0 Å². The minimum atomic E-state index is -3.58. The molecule has 0 saturated heterocycles. The van der Waals surface area contributed by atoms with E-state index in [1.807, 2.05) is 13.0 Å². The molecule has 0 atom stereocenters. The molecule has 0 aliphatic rings. The fraction of sp³-hybridized carbons (Fsp3) is 0.462. The average Bonchev–Trinajstić information content (AvgIpc) is 2.35. The maximum absolute atomic E-state index is 12.3. The second-order valence-corrected chi connectivity index (χ2v) is 6.19. The summed E-state index contributed by atoms with van der Waals surface area (Å²) in [5.74, 6) is 0. The SMILES string of the molecule is CCc1ccc(S(=O)(=O)N(CC#N)C(C)C)cc1. The lowest BCUT2D eigenvalue weighted by molar-refractivity contribution is 0.385. The van der Waals surface area contributed by atoms with Gasteiger partial charge in [0.15, 0.2) is 0 Å². The van der Waals surface area contributed by atoms with Crippen LogP contribution in [0.15, 0.2) is 29.2 Å². The van der Waals surface area contributed by atoms with E-state index in [9.17, 15) is 8.42 Å². The molecule has 0 amide bonds. The molecule has 18 heavy (non-hydrogen) atoms. The molecule has 0 aromatic heterocycles. The predicted molar refractivity (Wildman–Crippen MR) is 70.5 cm³/mol. The Morgan fingerprint density at radius 3 is 2.22 bits per heavy atom. The molecule has 0 fully saturated rings. The summed E-state index contributed by atoms with van der Waals surface area (Å²) in [5, 5.41) is 8.72. The summed E-state index contributed by atoms with van der Waals surface area (Å²) in [6.07, 6.45) is 0.867. The molecule has 0 spiro atoms. The number of aryl methyl sites for hydroxylation is 1. The van der Waals surface area contributed by atoms with Crippen molar-refractivity contribution in [1.29, 1.82) is 5.26 Å². The molecule has 98 valence electrons. The molecule has 0 aliphatic carbocycles. The van der Waals surface area contributed by atoms with Crippen LogP contribution in [0.3, 0.4) is 0 Å². The van der Waals surface area contributed by atoms with E-state index in [4.69, 9.17) is 5.26 Å². The molecule has 0 unspecified atom stereocenters. The Labute approximate surface area is 109 Å². The van der Waals surface area contributed by atoms with Crippen LogP contribution in [0, 0.1) is 11.3 Å². The number of nitriles is 1. The lowest BCUT2D eigenvalue weighted by Gasteiger charge is -2.23. The van der Waals surface area contributed by atoms with Gasteiger partial charge in [-0.1, -0.05) is 19.1 Å². The van der Waals surface area contributed by atoms with Crippen LogP contribution in [0.2, 0.25) is 0 Å². The Kier molecular flexibility index (Phi) is 4.88. The monoisotopic (exact) mass is 266 g/mol. The number of hydrogen-bond donors (Lipinski definition) is 0. The number of nitrogens with zero attached hydrogens (tertiary/aromatic N) is 2. The third-order valence-corrected chi connectivity index (χ3v) is 4.78. The molecular weight excluding hydrogens is 248 g/mol. The molecule has 0 saturated carbocycles. The van der Waals surface area contributed by atoms with Crippen molar-refractivity contribution >= 4 is 10.0 Å². The molecule has 0 heterocycles. The van der Waals surface area contributed by atoms with E-state index in [2.05, 4.69) is 0 Å². The van der Waals surface area contributed by atoms with Crippen LogP contribution in [-0.4, -0.2) is 25.3 Å². The maximum Gasteiger partial charge on any atom is 0.244 e. The van der Waals surface area contributed by atoms with E-state index in [1.54, 1.807) is 38.1 Å². The largest absolute Gasteiger partial charge is 0.244 e. The first-order valence-corrected chi connectivity index (χ1v) is 7.35. The predicted octanol–water partition coefficient (Wildman–Crippen LogP) is 2.17. The zero-order valence-corrected chi connectivity index (χ0v) is 11.7. The topological polar surface area (TPSA) is 61.2 Å². The summed E-state index contributed by atoms with van der Waals surface area (Å²) in [4.78, 5) is 0.239. The molecule has 1 rings (SSSR count). The zero-order valence-electron chi connectivity index (χ0n) is 10.9. The second kappa shape index (κ2) is 5.98. The first-order valence-electron chi connectivity index (χ1n) is 5.91. The van der Waals surface area contributed by atoms with Crippen LogP contribution in [0.4, 0.5) is 0 Å². The quantitative estimate of drug-likeness (QED) is 0.767. The van der Waals surface area contributed by atoms with Crippen LogP contribution in [0.1, 0.15) is 26.3 Å². The lowest BCUT2D eigenvalue weighted by Crippen LogP contribution is -2.37. The Hall–Kier alpha value is -1.38. The molecular formula is C13H18N2O2S. The molecule has 0 radical (unpaired) electrons. The highest BCUT2D eigenvalue weighted by Crippen LogP contribution is 2.18. The van der Waals surface area contributed by atoms with Gasteiger partial charge in [-0.2, -0.15) is 9.57 Å². The summed E-state index contributed by atoms with van der Waals surface area (Å²) in [7, 11) is -3.58. The number of rotatable bonds is 5. The summed E-state index contributed by atoms with van der Waals surface area (Å²) in [5.41, 5.74) is 1.09. The highest BCUT2D eigenvalue weighted by molar-refractivity contribution is 7.89. The Balaban J connectivity index is 3.14. The van der Waals surface area contributed by atoms with Crippen LogP contribution in [0.5, 0.6) is 0 Å². The number of sulfonamides is 1. The van der Waals surface area contributed by atoms with Gasteiger partial charge in [-0.25, -0.2) is 8.42 Å². The average molecular weight is 266 g/mol. The molecule has 5 heteroatoms. The maximum atomic E-state index is 12.3.